The Hall–Kier alpha value is -2.28. The molecule has 2 heterocycles. The summed E-state index contributed by atoms with van der Waals surface area (Å²) in [6.45, 7) is 4.45. The standard InChI is InChI=1S/C21H27FN4O2/c1-14-12-16(4-5-18(14)22)21-24-19(28-25-21)6-7-20(27)26-10-8-17(9-11-26)23-13-15-2-3-15/h4-5,12,15,17,23H,2-3,6-11,13H2,1H3. The Morgan fingerprint density at radius 3 is 2.79 bits per heavy atom. The van der Waals surface area contributed by atoms with Crippen molar-refractivity contribution in [3.8, 4) is 11.4 Å². The van der Waals surface area contributed by atoms with E-state index in [0.29, 0.717) is 41.7 Å². The van der Waals surface area contributed by atoms with Crippen molar-refractivity contribution < 1.29 is 13.7 Å². The minimum absolute atomic E-state index is 0.137. The van der Waals surface area contributed by atoms with Gasteiger partial charge in [-0.1, -0.05) is 5.16 Å². The normalized spacial score (nSPS) is 17.9. The Kier molecular flexibility index (Phi) is 5.71. The summed E-state index contributed by atoms with van der Waals surface area (Å²) in [5.41, 5.74) is 1.25. The van der Waals surface area contributed by atoms with Gasteiger partial charge in [0.1, 0.15) is 5.82 Å². The Labute approximate surface area is 164 Å². The molecule has 1 amide bonds. The Morgan fingerprint density at radius 1 is 1.29 bits per heavy atom. The second-order valence-corrected chi connectivity index (χ2v) is 7.98. The van der Waals surface area contributed by atoms with E-state index < -0.39 is 0 Å². The first-order valence-corrected chi connectivity index (χ1v) is 10.2. The van der Waals surface area contributed by atoms with E-state index in [1.165, 1.54) is 18.9 Å². The van der Waals surface area contributed by atoms with Crippen LogP contribution in [-0.2, 0) is 11.2 Å². The number of aromatic nitrogens is 2. The summed E-state index contributed by atoms with van der Waals surface area (Å²) in [4.78, 5) is 18.8. The molecular weight excluding hydrogens is 359 g/mol. The fraction of sp³-hybridized carbons (Fsp3) is 0.571. The second-order valence-electron chi connectivity index (χ2n) is 7.98. The number of carbonyl (C=O) groups is 1. The van der Waals surface area contributed by atoms with Crippen LogP contribution in [0, 0.1) is 18.7 Å². The third-order valence-corrected chi connectivity index (χ3v) is 5.68. The number of carbonyl (C=O) groups excluding carboxylic acids is 1. The first-order valence-electron chi connectivity index (χ1n) is 10.2. The van der Waals surface area contributed by atoms with Crippen LogP contribution in [0.1, 0.15) is 43.6 Å². The number of piperidine rings is 1. The Bertz CT molecular complexity index is 826. The maximum Gasteiger partial charge on any atom is 0.227 e. The maximum atomic E-state index is 13.4. The summed E-state index contributed by atoms with van der Waals surface area (Å²) in [6, 6.07) is 5.26. The van der Waals surface area contributed by atoms with Crippen molar-refractivity contribution in [3.63, 3.8) is 0 Å². The molecule has 2 fully saturated rings. The van der Waals surface area contributed by atoms with Gasteiger partial charge in [-0.15, -0.1) is 0 Å². The molecule has 2 aliphatic rings. The van der Waals surface area contributed by atoms with Crippen molar-refractivity contribution in [2.45, 2.75) is 51.5 Å². The zero-order chi connectivity index (χ0) is 19.5. The first-order chi connectivity index (χ1) is 13.6. The van der Waals surface area contributed by atoms with E-state index in [4.69, 9.17) is 4.52 Å². The van der Waals surface area contributed by atoms with E-state index in [1.54, 1.807) is 19.1 Å². The third-order valence-electron chi connectivity index (χ3n) is 5.68. The predicted molar refractivity (Wildman–Crippen MR) is 103 cm³/mol. The number of halogens is 1. The Balaban J connectivity index is 1.24. The largest absolute Gasteiger partial charge is 0.343 e. The number of nitrogens with one attached hydrogen (secondary N) is 1. The average molecular weight is 386 g/mol. The minimum Gasteiger partial charge on any atom is -0.343 e. The lowest BCUT2D eigenvalue weighted by molar-refractivity contribution is -0.132. The predicted octanol–water partition coefficient (Wildman–Crippen LogP) is 3.11. The van der Waals surface area contributed by atoms with Crippen LogP contribution in [0.5, 0.6) is 0 Å². The van der Waals surface area contributed by atoms with E-state index in [9.17, 15) is 9.18 Å². The third kappa shape index (κ3) is 4.76. The lowest BCUT2D eigenvalue weighted by Crippen LogP contribution is -2.45. The number of benzene rings is 1. The van der Waals surface area contributed by atoms with Crippen molar-refractivity contribution in [1.29, 1.82) is 0 Å². The summed E-state index contributed by atoms with van der Waals surface area (Å²) in [7, 11) is 0. The monoisotopic (exact) mass is 386 g/mol. The lowest BCUT2D eigenvalue weighted by Gasteiger charge is -2.32. The van der Waals surface area contributed by atoms with Gasteiger partial charge in [-0.3, -0.25) is 4.79 Å². The van der Waals surface area contributed by atoms with E-state index >= 15 is 0 Å². The van der Waals surface area contributed by atoms with Crippen LogP contribution in [0.15, 0.2) is 22.7 Å². The Morgan fingerprint density at radius 2 is 2.07 bits per heavy atom. The zero-order valence-electron chi connectivity index (χ0n) is 16.3. The van der Waals surface area contributed by atoms with Crippen molar-refractivity contribution in [2.24, 2.45) is 5.92 Å². The van der Waals surface area contributed by atoms with E-state index in [0.717, 1.165) is 38.4 Å². The van der Waals surface area contributed by atoms with Crippen LogP contribution < -0.4 is 5.32 Å². The molecule has 1 N–H and O–H groups in total. The highest BCUT2D eigenvalue weighted by atomic mass is 19.1. The van der Waals surface area contributed by atoms with E-state index in [2.05, 4.69) is 15.5 Å². The summed E-state index contributed by atoms with van der Waals surface area (Å²) in [5.74, 6) is 1.62. The molecular formula is C21H27FN4O2. The van der Waals surface area contributed by atoms with Gasteiger partial charge in [0.15, 0.2) is 0 Å². The molecule has 0 unspecified atom stereocenters. The number of nitrogens with zero attached hydrogens (tertiary/aromatic N) is 3. The van der Waals surface area contributed by atoms with Gasteiger partial charge in [0, 0.05) is 37.5 Å². The van der Waals surface area contributed by atoms with E-state index in [1.807, 2.05) is 4.90 Å². The molecule has 1 aromatic carbocycles. The molecule has 1 aromatic heterocycles. The van der Waals surface area contributed by atoms with Gasteiger partial charge in [-0.25, -0.2) is 4.39 Å². The van der Waals surface area contributed by atoms with Gasteiger partial charge in [0.05, 0.1) is 0 Å². The van der Waals surface area contributed by atoms with Gasteiger partial charge >= 0.3 is 0 Å². The van der Waals surface area contributed by atoms with Gasteiger partial charge in [0.2, 0.25) is 17.6 Å². The second kappa shape index (κ2) is 8.39. The summed E-state index contributed by atoms with van der Waals surface area (Å²) in [5, 5.41) is 7.59. The van der Waals surface area contributed by atoms with Crippen LogP contribution in [0.25, 0.3) is 11.4 Å². The molecule has 0 spiro atoms. The number of likely N-dealkylation sites (tertiary alicyclic amines) is 1. The summed E-state index contributed by atoms with van der Waals surface area (Å²) in [6.07, 6.45) is 5.56. The van der Waals surface area contributed by atoms with Gasteiger partial charge in [-0.2, -0.15) is 4.98 Å². The van der Waals surface area contributed by atoms with Crippen molar-refractivity contribution in [2.75, 3.05) is 19.6 Å². The highest BCUT2D eigenvalue weighted by molar-refractivity contribution is 5.76. The molecule has 28 heavy (non-hydrogen) atoms. The lowest BCUT2D eigenvalue weighted by atomic mass is 10.0. The maximum absolute atomic E-state index is 13.4. The topological polar surface area (TPSA) is 71.3 Å². The number of aryl methyl sites for hydroxylation is 2. The summed E-state index contributed by atoms with van der Waals surface area (Å²) >= 11 is 0. The van der Waals surface area contributed by atoms with Gasteiger partial charge in [0.25, 0.3) is 0 Å². The van der Waals surface area contributed by atoms with Crippen LogP contribution >= 0.6 is 0 Å². The molecule has 150 valence electrons. The first kappa shape index (κ1) is 19.1. The molecule has 1 saturated carbocycles. The van der Waals surface area contributed by atoms with Crippen molar-refractivity contribution >= 4 is 5.91 Å². The molecule has 1 aliphatic heterocycles. The highest BCUT2D eigenvalue weighted by Gasteiger charge is 2.26. The molecule has 0 radical (unpaired) electrons. The summed E-state index contributed by atoms with van der Waals surface area (Å²) < 4.78 is 18.7. The van der Waals surface area contributed by atoms with Crippen LogP contribution in [0.3, 0.4) is 0 Å². The average Bonchev–Trinajstić information content (AvgIpc) is 3.42. The van der Waals surface area contributed by atoms with Gasteiger partial charge in [-0.05, 0) is 68.8 Å². The van der Waals surface area contributed by atoms with Gasteiger partial charge < -0.3 is 14.7 Å². The number of hydrogen-bond donors (Lipinski definition) is 1. The van der Waals surface area contributed by atoms with Crippen LogP contribution in [0.4, 0.5) is 4.39 Å². The van der Waals surface area contributed by atoms with E-state index in [-0.39, 0.29) is 11.7 Å². The fourth-order valence-electron chi connectivity index (χ4n) is 3.62. The van der Waals surface area contributed by atoms with Crippen molar-refractivity contribution in [3.05, 3.63) is 35.5 Å². The molecule has 4 rings (SSSR count). The number of amides is 1. The smallest absolute Gasteiger partial charge is 0.227 e. The van der Waals surface area contributed by atoms with Crippen molar-refractivity contribution in [1.82, 2.24) is 20.4 Å². The van der Waals surface area contributed by atoms with Crippen LogP contribution in [-0.4, -0.2) is 46.6 Å². The number of rotatable bonds is 7. The molecule has 1 saturated heterocycles. The zero-order valence-corrected chi connectivity index (χ0v) is 16.3. The number of hydrogen-bond acceptors (Lipinski definition) is 5. The highest BCUT2D eigenvalue weighted by Crippen LogP contribution is 2.28. The molecule has 6 nitrogen and oxygen atoms in total. The minimum atomic E-state index is -0.260. The molecule has 0 atom stereocenters. The van der Waals surface area contributed by atoms with Crippen LogP contribution in [0.2, 0.25) is 0 Å². The molecule has 1 aliphatic carbocycles. The quantitative estimate of drug-likeness (QED) is 0.792. The fourth-order valence-corrected chi connectivity index (χ4v) is 3.62. The molecule has 2 aromatic rings. The molecule has 0 bridgehead atoms. The molecule has 7 heteroatoms. The SMILES string of the molecule is Cc1cc(-c2noc(CCC(=O)N3CCC(NCC4CC4)CC3)n2)ccc1F.